The van der Waals surface area contributed by atoms with Crippen molar-refractivity contribution in [2.75, 3.05) is 0 Å². The van der Waals surface area contributed by atoms with E-state index in [2.05, 4.69) is 12.1 Å². The van der Waals surface area contributed by atoms with Crippen LogP contribution >= 0.6 is 23.2 Å². The van der Waals surface area contributed by atoms with E-state index in [9.17, 15) is 9.90 Å². The van der Waals surface area contributed by atoms with Gasteiger partial charge in [-0.3, -0.25) is 4.79 Å². The topological polar surface area (TPSA) is 37.3 Å². The monoisotopic (exact) mass is 488 g/mol. The lowest BCUT2D eigenvalue weighted by molar-refractivity contribution is -0.144. The molecular weight excluding hydrogens is 463 g/mol. The maximum atomic E-state index is 13.0. The van der Waals surface area contributed by atoms with E-state index in [1.807, 2.05) is 97.1 Å². The quantitative estimate of drug-likeness (QED) is 0.260. The van der Waals surface area contributed by atoms with Gasteiger partial charge in [0.25, 0.3) is 0 Å². The molecule has 1 atom stereocenters. The first-order chi connectivity index (χ1) is 16.5. The van der Waals surface area contributed by atoms with E-state index in [-0.39, 0.29) is 0 Å². The van der Waals surface area contributed by atoms with E-state index in [0.717, 1.165) is 23.1 Å². The Labute approximate surface area is 210 Å². The van der Waals surface area contributed by atoms with Crippen LogP contribution in [0.4, 0.5) is 0 Å². The summed E-state index contributed by atoms with van der Waals surface area (Å²) < 4.78 is 0. The van der Waals surface area contributed by atoms with Crippen LogP contribution in [0, 0.1) is 5.92 Å². The van der Waals surface area contributed by atoms with Gasteiger partial charge in [-0.25, -0.2) is 0 Å². The van der Waals surface area contributed by atoms with Crippen LogP contribution in [0.5, 0.6) is 0 Å². The third kappa shape index (κ3) is 5.35. The smallest absolute Gasteiger partial charge is 0.308 e. The Morgan fingerprint density at radius 3 is 1.56 bits per heavy atom. The van der Waals surface area contributed by atoms with Crippen LogP contribution < -0.4 is 0 Å². The highest BCUT2D eigenvalue weighted by Crippen LogP contribution is 2.45. The minimum absolute atomic E-state index is 0.399. The number of carbonyl (C=O) groups is 1. The molecule has 2 nitrogen and oxygen atoms in total. The number of carboxylic acid groups (broad SMARTS) is 1. The highest BCUT2D eigenvalue weighted by molar-refractivity contribution is 6.30. The molecule has 4 rings (SSSR count). The predicted octanol–water partition coefficient (Wildman–Crippen LogP) is 7.86. The molecule has 0 saturated heterocycles. The summed E-state index contributed by atoms with van der Waals surface area (Å²) in [6, 6.07) is 35.2. The summed E-state index contributed by atoms with van der Waals surface area (Å²) in [5, 5.41) is 11.9. The summed E-state index contributed by atoms with van der Waals surface area (Å²) in [5.74, 6) is -1.54. The van der Waals surface area contributed by atoms with E-state index in [4.69, 9.17) is 23.2 Å². The van der Waals surface area contributed by atoms with Crippen molar-refractivity contribution < 1.29 is 9.90 Å². The fourth-order valence-electron chi connectivity index (χ4n) is 4.83. The molecule has 1 N–H and O–H groups in total. The lowest BCUT2D eigenvalue weighted by Crippen LogP contribution is -2.43. The largest absolute Gasteiger partial charge is 0.481 e. The third-order valence-corrected chi connectivity index (χ3v) is 7.05. The molecule has 0 bridgehead atoms. The Kier molecular flexibility index (Phi) is 7.72. The molecule has 4 heteroatoms. The lowest BCUT2D eigenvalue weighted by Gasteiger charge is -2.41. The predicted molar refractivity (Wildman–Crippen MR) is 140 cm³/mol. The number of carboxylic acids is 1. The zero-order chi connectivity index (χ0) is 24.0. The Morgan fingerprint density at radius 1 is 0.676 bits per heavy atom. The molecule has 0 heterocycles. The maximum Gasteiger partial charge on any atom is 0.308 e. The molecule has 0 aromatic heterocycles. The van der Waals surface area contributed by atoms with Crippen LogP contribution in [0.3, 0.4) is 0 Å². The normalized spacial score (nSPS) is 12.3. The number of aryl methyl sites for hydroxylation is 1. The molecule has 34 heavy (non-hydrogen) atoms. The summed E-state index contributed by atoms with van der Waals surface area (Å²) in [6.07, 6.45) is 1.74. The number of rotatable bonds is 9. The van der Waals surface area contributed by atoms with E-state index in [1.54, 1.807) is 0 Å². The molecule has 0 radical (unpaired) electrons. The highest BCUT2D eigenvalue weighted by Gasteiger charge is 2.45. The van der Waals surface area contributed by atoms with Gasteiger partial charge in [0.2, 0.25) is 0 Å². The second kappa shape index (κ2) is 10.9. The van der Waals surface area contributed by atoms with Gasteiger partial charge in [-0.05, 0) is 65.8 Å². The van der Waals surface area contributed by atoms with Crippen molar-refractivity contribution in [3.8, 4) is 0 Å². The SMILES string of the molecule is O=C(O)C(Cc1ccccc1)C(CCc1ccccc1)(c1ccc(Cl)cc1)c1ccc(Cl)cc1. The molecule has 0 saturated carbocycles. The summed E-state index contributed by atoms with van der Waals surface area (Å²) in [6.45, 7) is 0. The van der Waals surface area contributed by atoms with Gasteiger partial charge in [0, 0.05) is 15.5 Å². The molecule has 1 unspecified atom stereocenters. The van der Waals surface area contributed by atoms with Gasteiger partial charge in [0.15, 0.2) is 0 Å². The van der Waals surface area contributed by atoms with Crippen molar-refractivity contribution in [1.82, 2.24) is 0 Å². The number of benzene rings is 4. The molecule has 0 aliphatic heterocycles. The first-order valence-electron chi connectivity index (χ1n) is 11.3. The molecule has 0 spiro atoms. The Bertz CT molecular complexity index is 1160. The Morgan fingerprint density at radius 2 is 1.12 bits per heavy atom. The Balaban J connectivity index is 1.92. The first kappa shape index (κ1) is 24.1. The first-order valence-corrected chi connectivity index (χ1v) is 12.1. The van der Waals surface area contributed by atoms with E-state index in [0.29, 0.717) is 22.9 Å². The second-order valence-electron chi connectivity index (χ2n) is 8.55. The van der Waals surface area contributed by atoms with E-state index in [1.165, 1.54) is 5.56 Å². The Hall–Kier alpha value is -3.07. The van der Waals surface area contributed by atoms with Crippen LogP contribution in [0.15, 0.2) is 109 Å². The van der Waals surface area contributed by atoms with Gasteiger partial charge in [-0.1, -0.05) is 108 Å². The molecular formula is C30H26Cl2O2. The van der Waals surface area contributed by atoms with Crippen LogP contribution in [0.1, 0.15) is 28.7 Å². The van der Waals surface area contributed by atoms with Gasteiger partial charge in [0.1, 0.15) is 0 Å². The molecule has 4 aromatic rings. The van der Waals surface area contributed by atoms with Crippen molar-refractivity contribution in [3.63, 3.8) is 0 Å². The van der Waals surface area contributed by atoms with Gasteiger partial charge in [-0.15, -0.1) is 0 Å². The molecule has 4 aromatic carbocycles. The molecule has 0 aliphatic carbocycles. The van der Waals surface area contributed by atoms with Gasteiger partial charge < -0.3 is 5.11 Å². The number of halogens is 2. The van der Waals surface area contributed by atoms with Gasteiger partial charge in [-0.2, -0.15) is 0 Å². The van der Waals surface area contributed by atoms with Crippen molar-refractivity contribution in [3.05, 3.63) is 141 Å². The van der Waals surface area contributed by atoms with Crippen molar-refractivity contribution in [2.45, 2.75) is 24.7 Å². The second-order valence-corrected chi connectivity index (χ2v) is 9.42. The standard InChI is InChI=1S/C30H26Cl2O2/c31-26-15-11-24(12-16-26)30(25-13-17-27(32)18-14-25,20-19-22-7-3-1-4-8-22)28(29(33)34)21-23-9-5-2-6-10-23/h1-18,28H,19-21H2,(H,33,34). The van der Waals surface area contributed by atoms with E-state index < -0.39 is 17.3 Å². The lowest BCUT2D eigenvalue weighted by atomic mass is 9.61. The third-order valence-electron chi connectivity index (χ3n) is 6.55. The van der Waals surface area contributed by atoms with Crippen molar-refractivity contribution in [2.24, 2.45) is 5.92 Å². The molecule has 0 amide bonds. The minimum Gasteiger partial charge on any atom is -0.481 e. The highest BCUT2D eigenvalue weighted by atomic mass is 35.5. The van der Waals surface area contributed by atoms with Crippen LogP contribution in [0.2, 0.25) is 10.0 Å². The molecule has 0 fully saturated rings. The van der Waals surface area contributed by atoms with Gasteiger partial charge in [0.05, 0.1) is 5.92 Å². The maximum absolute atomic E-state index is 13.0. The zero-order valence-corrected chi connectivity index (χ0v) is 20.2. The molecule has 0 aliphatic rings. The summed E-state index contributed by atoms with van der Waals surface area (Å²) >= 11 is 12.5. The van der Waals surface area contributed by atoms with Crippen LogP contribution in [-0.4, -0.2) is 11.1 Å². The number of hydrogen-bond acceptors (Lipinski definition) is 1. The van der Waals surface area contributed by atoms with Crippen molar-refractivity contribution in [1.29, 1.82) is 0 Å². The van der Waals surface area contributed by atoms with E-state index >= 15 is 0 Å². The number of aliphatic carboxylic acids is 1. The van der Waals surface area contributed by atoms with Crippen LogP contribution in [-0.2, 0) is 23.1 Å². The summed E-state index contributed by atoms with van der Waals surface area (Å²) in [5.41, 5.74) is 3.21. The zero-order valence-electron chi connectivity index (χ0n) is 18.7. The van der Waals surface area contributed by atoms with Crippen molar-refractivity contribution >= 4 is 29.2 Å². The van der Waals surface area contributed by atoms with Crippen LogP contribution in [0.25, 0.3) is 0 Å². The average Bonchev–Trinajstić information content (AvgIpc) is 2.86. The average molecular weight is 489 g/mol. The molecule has 172 valence electrons. The summed E-state index contributed by atoms with van der Waals surface area (Å²) in [4.78, 5) is 13.0. The minimum atomic E-state index is -0.832. The fraction of sp³-hybridized carbons (Fsp3) is 0.167. The fourth-order valence-corrected chi connectivity index (χ4v) is 5.09. The van der Waals surface area contributed by atoms with Gasteiger partial charge >= 0.3 is 5.97 Å². The number of hydrogen-bond donors (Lipinski definition) is 1. The summed E-state index contributed by atoms with van der Waals surface area (Å²) in [7, 11) is 0.